The van der Waals surface area contributed by atoms with Gasteiger partial charge in [-0.25, -0.2) is 0 Å². The van der Waals surface area contributed by atoms with Crippen LogP contribution in [0.1, 0.15) is 22.7 Å². The second-order valence-electron chi connectivity index (χ2n) is 5.44. The predicted molar refractivity (Wildman–Crippen MR) is 81.6 cm³/mol. The molecule has 0 radical (unpaired) electrons. The zero-order valence-corrected chi connectivity index (χ0v) is 11.8. The van der Waals surface area contributed by atoms with Gasteiger partial charge in [-0.1, -0.05) is 54.6 Å². The van der Waals surface area contributed by atoms with Gasteiger partial charge in [0.15, 0.2) is 0 Å². The second-order valence-corrected chi connectivity index (χ2v) is 5.44. The number of benzene rings is 2. The number of hydrogen-bond acceptors (Lipinski definition) is 3. The molecule has 1 aliphatic rings. The monoisotopic (exact) mass is 282 g/mol. The van der Waals surface area contributed by atoms with E-state index in [0.29, 0.717) is 0 Å². The Morgan fingerprint density at radius 2 is 1.81 bits per heavy atom. The fourth-order valence-electron chi connectivity index (χ4n) is 3.07. The van der Waals surface area contributed by atoms with Crippen LogP contribution >= 0.6 is 0 Å². The van der Waals surface area contributed by atoms with E-state index in [1.54, 1.807) is 0 Å². The van der Waals surface area contributed by atoms with Gasteiger partial charge in [-0.15, -0.1) is 0 Å². The van der Waals surface area contributed by atoms with Crippen LogP contribution in [0.5, 0.6) is 0 Å². The number of hydrogen-bond donors (Lipinski definition) is 0. The first kappa shape index (κ1) is 13.8. The van der Waals surface area contributed by atoms with Crippen molar-refractivity contribution in [2.45, 2.75) is 19.0 Å². The summed E-state index contributed by atoms with van der Waals surface area (Å²) in [5.74, 6) is 0. The molecule has 108 valence electrons. The summed E-state index contributed by atoms with van der Waals surface area (Å²) in [6, 6.07) is 18.1. The van der Waals surface area contributed by atoms with Crippen LogP contribution in [-0.4, -0.2) is 22.9 Å². The molecule has 1 aliphatic heterocycles. The Morgan fingerprint density at radius 3 is 2.57 bits per heavy atom. The lowest BCUT2D eigenvalue weighted by atomic mass is 9.92. The summed E-state index contributed by atoms with van der Waals surface area (Å²) in [6.07, 6.45) is 0.956. The summed E-state index contributed by atoms with van der Waals surface area (Å²) in [7, 11) is 0. The van der Waals surface area contributed by atoms with Crippen LogP contribution in [0.15, 0.2) is 54.6 Å². The SMILES string of the molecule is O=[N+]([O-])CC1c2ccccc2CCN1Cc1ccccc1. The van der Waals surface area contributed by atoms with Gasteiger partial charge in [0, 0.05) is 18.0 Å². The van der Waals surface area contributed by atoms with Gasteiger partial charge in [-0.2, -0.15) is 0 Å². The highest BCUT2D eigenvalue weighted by Gasteiger charge is 2.30. The maximum Gasteiger partial charge on any atom is 0.223 e. The number of fused-ring (bicyclic) bond motifs is 1. The van der Waals surface area contributed by atoms with E-state index in [1.807, 2.05) is 36.4 Å². The van der Waals surface area contributed by atoms with Crippen molar-refractivity contribution in [1.29, 1.82) is 0 Å². The molecule has 0 aliphatic carbocycles. The Balaban J connectivity index is 1.88. The summed E-state index contributed by atoms with van der Waals surface area (Å²) >= 11 is 0. The van der Waals surface area contributed by atoms with Gasteiger partial charge in [-0.3, -0.25) is 15.0 Å². The molecule has 4 heteroatoms. The molecule has 0 bridgehead atoms. The lowest BCUT2D eigenvalue weighted by molar-refractivity contribution is -0.488. The molecule has 2 aromatic carbocycles. The van der Waals surface area contributed by atoms with Crippen molar-refractivity contribution in [3.63, 3.8) is 0 Å². The Kier molecular flexibility index (Phi) is 3.97. The van der Waals surface area contributed by atoms with Crippen molar-refractivity contribution < 1.29 is 4.92 Å². The van der Waals surface area contributed by atoms with Gasteiger partial charge in [0.05, 0.1) is 0 Å². The van der Waals surface area contributed by atoms with E-state index in [4.69, 9.17) is 0 Å². The molecule has 0 saturated carbocycles. The summed E-state index contributed by atoms with van der Waals surface area (Å²) < 4.78 is 0. The third kappa shape index (κ3) is 3.11. The van der Waals surface area contributed by atoms with Crippen molar-refractivity contribution in [3.8, 4) is 0 Å². The molecule has 1 atom stereocenters. The topological polar surface area (TPSA) is 46.4 Å². The normalized spacial score (nSPS) is 18.2. The number of nitro groups is 1. The molecule has 0 aromatic heterocycles. The maximum absolute atomic E-state index is 11.1. The highest BCUT2D eigenvalue weighted by molar-refractivity contribution is 5.33. The number of nitrogens with zero attached hydrogens (tertiary/aromatic N) is 2. The molecular formula is C17H18N2O2. The fraction of sp³-hybridized carbons (Fsp3) is 0.294. The summed E-state index contributed by atoms with van der Waals surface area (Å²) in [5, 5.41) is 11.1. The Labute approximate surface area is 124 Å². The Hall–Kier alpha value is -2.20. The first-order chi connectivity index (χ1) is 10.2. The molecule has 0 fully saturated rings. The molecule has 4 nitrogen and oxygen atoms in total. The first-order valence-electron chi connectivity index (χ1n) is 7.21. The Bertz CT molecular complexity index is 628. The summed E-state index contributed by atoms with van der Waals surface area (Å²) in [6.45, 7) is 1.59. The summed E-state index contributed by atoms with van der Waals surface area (Å²) in [4.78, 5) is 13.1. The van der Waals surface area contributed by atoms with Crippen molar-refractivity contribution in [1.82, 2.24) is 4.90 Å². The van der Waals surface area contributed by atoms with Crippen molar-refractivity contribution in [3.05, 3.63) is 81.4 Å². The van der Waals surface area contributed by atoms with E-state index in [1.165, 1.54) is 11.1 Å². The van der Waals surface area contributed by atoms with Gasteiger partial charge in [-0.05, 0) is 23.1 Å². The molecule has 0 spiro atoms. The lowest BCUT2D eigenvalue weighted by Gasteiger charge is -2.35. The molecule has 21 heavy (non-hydrogen) atoms. The van der Waals surface area contributed by atoms with Gasteiger partial charge in [0.25, 0.3) is 0 Å². The third-order valence-corrected chi connectivity index (χ3v) is 4.07. The Morgan fingerprint density at radius 1 is 1.10 bits per heavy atom. The van der Waals surface area contributed by atoms with E-state index in [9.17, 15) is 10.1 Å². The highest BCUT2D eigenvalue weighted by atomic mass is 16.6. The van der Waals surface area contributed by atoms with E-state index in [2.05, 4.69) is 23.1 Å². The van der Waals surface area contributed by atoms with E-state index >= 15 is 0 Å². The molecule has 3 rings (SSSR count). The fourth-order valence-corrected chi connectivity index (χ4v) is 3.07. The average molecular weight is 282 g/mol. The minimum Gasteiger partial charge on any atom is -0.286 e. The molecule has 1 heterocycles. The zero-order chi connectivity index (χ0) is 14.7. The standard InChI is InChI=1S/C17H18N2O2/c20-19(21)13-17-16-9-5-4-8-15(16)10-11-18(17)12-14-6-2-1-3-7-14/h1-9,17H,10-13H2. The van der Waals surface area contributed by atoms with Crippen LogP contribution < -0.4 is 0 Å². The minimum atomic E-state index is -0.204. The number of rotatable bonds is 4. The van der Waals surface area contributed by atoms with E-state index in [-0.39, 0.29) is 17.5 Å². The first-order valence-corrected chi connectivity index (χ1v) is 7.21. The molecule has 1 unspecified atom stereocenters. The highest BCUT2D eigenvalue weighted by Crippen LogP contribution is 2.30. The maximum atomic E-state index is 11.1. The largest absolute Gasteiger partial charge is 0.286 e. The van der Waals surface area contributed by atoms with Crippen molar-refractivity contribution >= 4 is 0 Å². The molecule has 0 N–H and O–H groups in total. The molecule has 2 aromatic rings. The van der Waals surface area contributed by atoms with Crippen LogP contribution in [0.4, 0.5) is 0 Å². The second kappa shape index (κ2) is 6.06. The quantitative estimate of drug-likeness (QED) is 0.639. The average Bonchev–Trinajstić information content (AvgIpc) is 2.50. The van der Waals surface area contributed by atoms with Crippen molar-refractivity contribution in [2.75, 3.05) is 13.1 Å². The predicted octanol–water partition coefficient (Wildman–Crippen LogP) is 3.06. The van der Waals surface area contributed by atoms with Gasteiger partial charge >= 0.3 is 0 Å². The van der Waals surface area contributed by atoms with Gasteiger partial charge in [0.1, 0.15) is 6.04 Å². The van der Waals surface area contributed by atoms with Crippen LogP contribution in [0.25, 0.3) is 0 Å². The minimum absolute atomic E-state index is 0.0379. The summed E-state index contributed by atoms with van der Waals surface area (Å²) in [5.41, 5.74) is 3.55. The lowest BCUT2D eigenvalue weighted by Crippen LogP contribution is -2.38. The van der Waals surface area contributed by atoms with Crippen LogP contribution in [0, 0.1) is 10.1 Å². The third-order valence-electron chi connectivity index (χ3n) is 4.07. The van der Waals surface area contributed by atoms with Crippen LogP contribution in [0.2, 0.25) is 0 Å². The van der Waals surface area contributed by atoms with Crippen molar-refractivity contribution in [2.24, 2.45) is 0 Å². The molecule has 0 amide bonds. The van der Waals surface area contributed by atoms with Gasteiger partial charge < -0.3 is 0 Å². The van der Waals surface area contributed by atoms with E-state index < -0.39 is 0 Å². The zero-order valence-electron chi connectivity index (χ0n) is 11.8. The van der Waals surface area contributed by atoms with Crippen LogP contribution in [0.3, 0.4) is 0 Å². The van der Waals surface area contributed by atoms with E-state index in [0.717, 1.165) is 25.1 Å². The smallest absolute Gasteiger partial charge is 0.223 e. The van der Waals surface area contributed by atoms with Gasteiger partial charge in [0.2, 0.25) is 6.54 Å². The molecular weight excluding hydrogens is 264 g/mol. The van der Waals surface area contributed by atoms with Crippen LogP contribution in [-0.2, 0) is 13.0 Å². The molecule has 0 saturated heterocycles.